The van der Waals surface area contributed by atoms with Crippen LogP contribution in [0.5, 0.6) is 5.75 Å². The SMILES string of the molecule is CC(C)(C)c1cc(C(=O)NCC(O)CN2CCc3cc(OCc4cnco4)ccc3C2)cc(NC2CCC2)n1. The molecule has 1 saturated carbocycles. The number of aliphatic hydroxyl groups is 1. The number of anilines is 1. The Labute approximate surface area is 230 Å². The number of nitrogens with zero attached hydrogens (tertiary/aromatic N) is 3. The molecule has 3 N–H and O–H groups in total. The fraction of sp³-hybridized carbons (Fsp3) is 0.500. The van der Waals surface area contributed by atoms with Crippen molar-refractivity contribution in [2.24, 2.45) is 0 Å². The van der Waals surface area contributed by atoms with E-state index in [2.05, 4.69) is 53.4 Å². The molecule has 1 aliphatic heterocycles. The first-order valence-corrected chi connectivity index (χ1v) is 13.8. The third kappa shape index (κ3) is 7.16. The molecule has 2 aromatic heterocycles. The van der Waals surface area contributed by atoms with Gasteiger partial charge in [-0.2, -0.15) is 0 Å². The molecule has 0 bridgehead atoms. The molecule has 1 aliphatic carbocycles. The van der Waals surface area contributed by atoms with E-state index in [0.717, 1.165) is 49.6 Å². The summed E-state index contributed by atoms with van der Waals surface area (Å²) in [5.74, 6) is 2.04. The molecule has 0 spiro atoms. The summed E-state index contributed by atoms with van der Waals surface area (Å²) in [4.78, 5) is 23.9. The quantitative estimate of drug-likeness (QED) is 0.358. The minimum atomic E-state index is -0.670. The van der Waals surface area contributed by atoms with Gasteiger partial charge in [0.2, 0.25) is 0 Å². The Bertz CT molecular complexity index is 1270. The first-order valence-electron chi connectivity index (χ1n) is 13.8. The van der Waals surface area contributed by atoms with Gasteiger partial charge in [0, 0.05) is 48.9 Å². The van der Waals surface area contributed by atoms with Gasteiger partial charge < -0.3 is 24.9 Å². The molecule has 1 fully saturated rings. The summed E-state index contributed by atoms with van der Waals surface area (Å²) in [6, 6.07) is 10.2. The Morgan fingerprint density at radius 1 is 1.23 bits per heavy atom. The topological polar surface area (TPSA) is 113 Å². The highest BCUT2D eigenvalue weighted by atomic mass is 16.5. The van der Waals surface area contributed by atoms with Crippen molar-refractivity contribution in [3.63, 3.8) is 0 Å². The third-order valence-electron chi connectivity index (χ3n) is 7.41. The van der Waals surface area contributed by atoms with Gasteiger partial charge in [-0.1, -0.05) is 26.8 Å². The van der Waals surface area contributed by atoms with Crippen molar-refractivity contribution in [2.75, 3.05) is 25.0 Å². The average Bonchev–Trinajstić information content (AvgIpc) is 3.41. The van der Waals surface area contributed by atoms with Crippen molar-refractivity contribution < 1.29 is 19.1 Å². The Kier molecular flexibility index (Phi) is 8.18. The van der Waals surface area contributed by atoms with Gasteiger partial charge in [0.15, 0.2) is 12.2 Å². The number of amides is 1. The fourth-order valence-corrected chi connectivity index (χ4v) is 4.86. The summed E-state index contributed by atoms with van der Waals surface area (Å²) in [7, 11) is 0. The molecular weight excluding hydrogens is 494 g/mol. The first kappa shape index (κ1) is 27.1. The number of fused-ring (bicyclic) bond motifs is 1. The molecule has 3 heterocycles. The lowest BCUT2D eigenvalue weighted by atomic mass is 9.90. The monoisotopic (exact) mass is 533 g/mol. The number of hydrogen-bond acceptors (Lipinski definition) is 8. The zero-order chi connectivity index (χ0) is 27.4. The number of rotatable bonds is 10. The van der Waals surface area contributed by atoms with E-state index in [9.17, 15) is 9.90 Å². The van der Waals surface area contributed by atoms with E-state index in [1.54, 1.807) is 6.20 Å². The zero-order valence-electron chi connectivity index (χ0n) is 23.1. The summed E-state index contributed by atoms with van der Waals surface area (Å²) < 4.78 is 11.0. The number of oxazole rings is 1. The molecule has 3 aromatic rings. The normalized spacial score (nSPS) is 16.7. The number of aromatic nitrogens is 2. The van der Waals surface area contributed by atoms with Gasteiger partial charge in [-0.3, -0.25) is 9.69 Å². The van der Waals surface area contributed by atoms with Crippen molar-refractivity contribution in [2.45, 2.75) is 77.2 Å². The highest BCUT2D eigenvalue weighted by molar-refractivity contribution is 5.95. The van der Waals surface area contributed by atoms with Gasteiger partial charge in [0.1, 0.15) is 18.2 Å². The minimum absolute atomic E-state index is 0.180. The predicted molar refractivity (Wildman–Crippen MR) is 149 cm³/mol. The van der Waals surface area contributed by atoms with Crippen LogP contribution in [0.1, 0.15) is 73.0 Å². The maximum Gasteiger partial charge on any atom is 0.251 e. The summed E-state index contributed by atoms with van der Waals surface area (Å²) in [6.07, 6.45) is 6.74. The standard InChI is InChI=1S/C30H39N5O4/c1-30(2,3)27-12-22(13-28(34-27)33-23-5-4-6-23)29(37)32-14-24(36)17-35-10-9-20-11-25(8-7-21(20)16-35)38-18-26-15-31-19-39-26/h7-8,11-13,15,19,23-24,36H,4-6,9-10,14,16-18H2,1-3H3,(H,32,37)(H,33,34). The third-order valence-corrected chi connectivity index (χ3v) is 7.41. The number of ether oxygens (including phenoxy) is 1. The van der Waals surface area contributed by atoms with Gasteiger partial charge in [-0.05, 0) is 61.1 Å². The molecule has 9 nitrogen and oxygen atoms in total. The van der Waals surface area contributed by atoms with Crippen LogP contribution in [0.3, 0.4) is 0 Å². The number of carbonyl (C=O) groups is 1. The maximum absolute atomic E-state index is 13.1. The van der Waals surface area contributed by atoms with Crippen LogP contribution in [0.25, 0.3) is 0 Å². The molecule has 39 heavy (non-hydrogen) atoms. The molecular formula is C30H39N5O4. The van der Waals surface area contributed by atoms with E-state index >= 15 is 0 Å². The van der Waals surface area contributed by atoms with E-state index in [0.29, 0.717) is 30.5 Å². The Hall–Kier alpha value is -3.43. The molecule has 5 rings (SSSR count). The summed E-state index contributed by atoms with van der Waals surface area (Å²) in [5, 5.41) is 17.1. The number of pyridine rings is 1. The predicted octanol–water partition coefficient (Wildman–Crippen LogP) is 4.06. The van der Waals surface area contributed by atoms with E-state index < -0.39 is 6.10 Å². The molecule has 9 heteroatoms. The van der Waals surface area contributed by atoms with Crippen LogP contribution >= 0.6 is 0 Å². The number of β-amino-alcohol motifs (C(OH)–C–C–N with tert-alkyl or cyclic N) is 1. The van der Waals surface area contributed by atoms with Crippen LogP contribution in [-0.2, 0) is 25.0 Å². The molecule has 1 unspecified atom stereocenters. The van der Waals surface area contributed by atoms with Crippen LogP contribution in [0, 0.1) is 0 Å². The van der Waals surface area contributed by atoms with Crippen molar-refractivity contribution in [1.82, 2.24) is 20.2 Å². The summed E-state index contributed by atoms with van der Waals surface area (Å²) in [6.45, 7) is 8.89. The lowest BCUT2D eigenvalue weighted by Gasteiger charge is -2.30. The maximum atomic E-state index is 13.1. The number of hydrogen-bond donors (Lipinski definition) is 3. The van der Waals surface area contributed by atoms with Gasteiger partial charge >= 0.3 is 0 Å². The van der Waals surface area contributed by atoms with Gasteiger partial charge in [0.05, 0.1) is 12.3 Å². The summed E-state index contributed by atoms with van der Waals surface area (Å²) in [5.41, 5.74) is 3.73. The van der Waals surface area contributed by atoms with Crippen LogP contribution in [0.15, 0.2) is 47.3 Å². The molecule has 208 valence electrons. The van der Waals surface area contributed by atoms with E-state index in [-0.39, 0.29) is 17.9 Å². The van der Waals surface area contributed by atoms with Crippen LogP contribution in [0.4, 0.5) is 5.82 Å². The molecule has 1 aromatic carbocycles. The summed E-state index contributed by atoms with van der Waals surface area (Å²) >= 11 is 0. The van der Waals surface area contributed by atoms with Gasteiger partial charge in [0.25, 0.3) is 5.91 Å². The van der Waals surface area contributed by atoms with Crippen LogP contribution in [-0.4, -0.2) is 57.7 Å². The van der Waals surface area contributed by atoms with Crippen molar-refractivity contribution >= 4 is 11.7 Å². The second kappa shape index (κ2) is 11.8. The number of benzene rings is 1. The van der Waals surface area contributed by atoms with E-state index in [1.807, 2.05) is 18.2 Å². The van der Waals surface area contributed by atoms with E-state index in [1.165, 1.54) is 23.9 Å². The molecule has 2 aliphatic rings. The van der Waals surface area contributed by atoms with Crippen LogP contribution < -0.4 is 15.4 Å². The first-order chi connectivity index (χ1) is 18.7. The Morgan fingerprint density at radius 2 is 2.08 bits per heavy atom. The highest BCUT2D eigenvalue weighted by Crippen LogP contribution is 2.27. The molecule has 1 atom stereocenters. The Balaban J connectivity index is 1.13. The largest absolute Gasteiger partial charge is 0.486 e. The number of carbonyl (C=O) groups excluding carboxylic acids is 1. The van der Waals surface area contributed by atoms with Gasteiger partial charge in [-0.15, -0.1) is 0 Å². The smallest absolute Gasteiger partial charge is 0.251 e. The van der Waals surface area contributed by atoms with Crippen molar-refractivity contribution in [1.29, 1.82) is 0 Å². The molecule has 1 amide bonds. The van der Waals surface area contributed by atoms with Crippen molar-refractivity contribution in [3.05, 3.63) is 71.1 Å². The van der Waals surface area contributed by atoms with Gasteiger partial charge in [-0.25, -0.2) is 9.97 Å². The number of aliphatic hydroxyl groups excluding tert-OH is 1. The Morgan fingerprint density at radius 3 is 2.79 bits per heavy atom. The highest BCUT2D eigenvalue weighted by Gasteiger charge is 2.23. The average molecular weight is 534 g/mol. The number of nitrogens with one attached hydrogen (secondary N) is 2. The van der Waals surface area contributed by atoms with Crippen molar-refractivity contribution in [3.8, 4) is 5.75 Å². The van der Waals surface area contributed by atoms with E-state index in [4.69, 9.17) is 14.1 Å². The lowest BCUT2D eigenvalue weighted by molar-refractivity contribution is 0.0841. The zero-order valence-corrected chi connectivity index (χ0v) is 23.1. The molecule has 0 saturated heterocycles. The minimum Gasteiger partial charge on any atom is -0.486 e. The second-order valence-corrected chi connectivity index (χ2v) is 11.7. The molecule has 0 radical (unpaired) electrons. The van der Waals surface area contributed by atoms with Crippen LogP contribution in [0.2, 0.25) is 0 Å². The second-order valence-electron chi connectivity index (χ2n) is 11.7. The lowest BCUT2D eigenvalue weighted by Crippen LogP contribution is -2.42. The fourth-order valence-electron chi connectivity index (χ4n) is 4.86.